The highest BCUT2D eigenvalue weighted by Crippen LogP contribution is 2.58. The first-order valence-corrected chi connectivity index (χ1v) is 7.04. The molecule has 2 saturated heterocycles. The molecule has 0 bridgehead atoms. The Morgan fingerprint density at radius 1 is 1.19 bits per heavy atom. The second kappa shape index (κ2) is 3.67. The van der Waals surface area contributed by atoms with Gasteiger partial charge in [0, 0.05) is 26.2 Å². The van der Waals surface area contributed by atoms with E-state index in [9.17, 15) is 4.57 Å². The molecule has 86 valence electrons. The first-order chi connectivity index (χ1) is 7.68. The van der Waals surface area contributed by atoms with Crippen LogP contribution < -0.4 is 5.09 Å². The molecule has 3 rings (SSSR count). The zero-order valence-electron chi connectivity index (χ0n) is 8.51. The van der Waals surface area contributed by atoms with E-state index in [-0.39, 0.29) is 0 Å². The molecule has 0 unspecified atom stereocenters. The average molecular weight is 260 g/mol. The number of rotatable bonds is 4. The second-order valence-electron chi connectivity index (χ2n) is 3.79. The van der Waals surface area contributed by atoms with E-state index < -0.39 is 7.59 Å². The number of hydrogen-bond donors (Lipinski definition) is 1. The predicted octanol–water partition coefficient (Wildman–Crippen LogP) is 1.28. The summed E-state index contributed by atoms with van der Waals surface area (Å²) >= 11 is 5.69. The molecule has 3 heterocycles. The number of nitrogens with zero attached hydrogens (tertiary/aromatic N) is 4. The van der Waals surface area contributed by atoms with Crippen molar-refractivity contribution in [3.63, 3.8) is 0 Å². The van der Waals surface area contributed by atoms with E-state index in [0.717, 1.165) is 26.2 Å². The van der Waals surface area contributed by atoms with Crippen LogP contribution in [0.5, 0.6) is 0 Å². The number of hydrogen-bond acceptors (Lipinski definition) is 3. The Morgan fingerprint density at radius 3 is 2.12 bits per heavy atom. The summed E-state index contributed by atoms with van der Waals surface area (Å²) in [5.74, 6) is 0.367. The maximum atomic E-state index is 12.6. The molecule has 16 heavy (non-hydrogen) atoms. The van der Waals surface area contributed by atoms with E-state index in [2.05, 4.69) is 15.1 Å². The fourth-order valence-electron chi connectivity index (χ4n) is 1.45. The molecule has 0 saturated carbocycles. The van der Waals surface area contributed by atoms with Crippen molar-refractivity contribution in [3.05, 3.63) is 17.4 Å². The van der Waals surface area contributed by atoms with Gasteiger partial charge in [0.2, 0.25) is 5.95 Å². The zero-order chi connectivity index (χ0) is 11.2. The van der Waals surface area contributed by atoms with Crippen LogP contribution in [0.15, 0.2) is 12.4 Å². The van der Waals surface area contributed by atoms with Gasteiger partial charge >= 0.3 is 7.59 Å². The Labute approximate surface area is 98.1 Å². The Hall–Kier alpha value is -0.680. The molecular formula is C8H11ClN5OP. The Kier molecular flexibility index (Phi) is 2.40. The van der Waals surface area contributed by atoms with Crippen LogP contribution >= 0.6 is 19.2 Å². The molecule has 0 atom stereocenters. The summed E-state index contributed by atoms with van der Waals surface area (Å²) in [6.07, 6.45) is 2.98. The fraction of sp³-hybridized carbons (Fsp3) is 0.500. The first kappa shape index (κ1) is 10.5. The smallest absolute Gasteiger partial charge is 0.281 e. The van der Waals surface area contributed by atoms with Gasteiger partial charge in [0.1, 0.15) is 0 Å². The maximum Gasteiger partial charge on any atom is 0.311 e. The standard InChI is InChI=1S/C8H11ClN5OP/c9-7-5-10-8(11-6-7)12-16(15,13-1-2-13)14-3-4-14/h5-6H,1-4H2,(H,10,11,12,15). The lowest BCUT2D eigenvalue weighted by Gasteiger charge is -2.20. The monoisotopic (exact) mass is 259 g/mol. The van der Waals surface area contributed by atoms with Crippen molar-refractivity contribution < 1.29 is 4.57 Å². The van der Waals surface area contributed by atoms with Crippen LogP contribution in [-0.2, 0) is 4.57 Å². The summed E-state index contributed by atoms with van der Waals surface area (Å²) in [5, 5.41) is 3.40. The van der Waals surface area contributed by atoms with Crippen molar-refractivity contribution in [1.29, 1.82) is 0 Å². The minimum Gasteiger partial charge on any atom is -0.281 e. The molecule has 2 aliphatic rings. The minimum absolute atomic E-state index is 0.367. The summed E-state index contributed by atoms with van der Waals surface area (Å²) < 4.78 is 16.4. The van der Waals surface area contributed by atoms with Crippen molar-refractivity contribution >= 4 is 25.1 Å². The molecule has 0 amide bonds. The number of nitrogens with one attached hydrogen (secondary N) is 1. The quantitative estimate of drug-likeness (QED) is 0.649. The molecule has 0 aliphatic carbocycles. The van der Waals surface area contributed by atoms with E-state index in [0.29, 0.717) is 11.0 Å². The third-order valence-electron chi connectivity index (χ3n) is 2.48. The largest absolute Gasteiger partial charge is 0.311 e. The van der Waals surface area contributed by atoms with Crippen LogP contribution in [0.3, 0.4) is 0 Å². The van der Waals surface area contributed by atoms with Gasteiger partial charge in [0.25, 0.3) is 0 Å². The molecule has 0 radical (unpaired) electrons. The first-order valence-electron chi connectivity index (χ1n) is 5.05. The third-order valence-corrected chi connectivity index (χ3v) is 5.50. The molecule has 0 aromatic carbocycles. The van der Waals surface area contributed by atoms with Gasteiger partial charge in [-0.15, -0.1) is 0 Å². The van der Waals surface area contributed by atoms with Gasteiger partial charge in [0.15, 0.2) is 0 Å². The summed E-state index contributed by atoms with van der Waals surface area (Å²) in [5.41, 5.74) is 0. The summed E-state index contributed by atoms with van der Waals surface area (Å²) in [6, 6.07) is 0. The highest BCUT2D eigenvalue weighted by atomic mass is 35.5. The molecule has 6 nitrogen and oxygen atoms in total. The van der Waals surface area contributed by atoms with Gasteiger partial charge in [-0.1, -0.05) is 11.6 Å². The fourth-order valence-corrected chi connectivity index (χ4v) is 3.83. The summed E-state index contributed by atoms with van der Waals surface area (Å²) in [7, 11) is -2.63. The number of anilines is 1. The Morgan fingerprint density at radius 2 is 1.69 bits per heavy atom. The number of aromatic nitrogens is 2. The van der Waals surface area contributed by atoms with Gasteiger partial charge in [-0.05, 0) is 0 Å². The zero-order valence-corrected chi connectivity index (χ0v) is 10.2. The lowest BCUT2D eigenvalue weighted by atomic mass is 10.7. The van der Waals surface area contributed by atoms with Crippen LogP contribution in [0.25, 0.3) is 0 Å². The topological polar surface area (TPSA) is 60.9 Å². The van der Waals surface area contributed by atoms with Crippen LogP contribution in [-0.4, -0.2) is 45.5 Å². The molecule has 0 spiro atoms. The Bertz CT molecular complexity index is 428. The third kappa shape index (κ3) is 1.94. The van der Waals surface area contributed by atoms with Crippen molar-refractivity contribution in [2.75, 3.05) is 31.3 Å². The van der Waals surface area contributed by atoms with Crippen LogP contribution in [0.1, 0.15) is 0 Å². The van der Waals surface area contributed by atoms with E-state index in [1.165, 1.54) is 12.4 Å². The molecule has 1 N–H and O–H groups in total. The van der Waals surface area contributed by atoms with E-state index >= 15 is 0 Å². The lowest BCUT2D eigenvalue weighted by Crippen LogP contribution is -2.14. The van der Waals surface area contributed by atoms with Gasteiger partial charge < -0.3 is 0 Å². The summed E-state index contributed by atoms with van der Waals surface area (Å²) in [6.45, 7) is 3.48. The molecule has 8 heteroatoms. The highest BCUT2D eigenvalue weighted by Gasteiger charge is 2.48. The van der Waals surface area contributed by atoms with Crippen molar-refractivity contribution in [1.82, 2.24) is 19.3 Å². The molecule has 1 aromatic rings. The van der Waals surface area contributed by atoms with Crippen molar-refractivity contribution in [2.24, 2.45) is 0 Å². The number of halogens is 1. The maximum absolute atomic E-state index is 12.6. The van der Waals surface area contributed by atoms with Gasteiger partial charge in [-0.2, -0.15) is 0 Å². The van der Waals surface area contributed by atoms with Crippen molar-refractivity contribution in [3.8, 4) is 0 Å². The van der Waals surface area contributed by atoms with Crippen LogP contribution in [0.4, 0.5) is 5.95 Å². The average Bonchev–Trinajstić information content (AvgIpc) is 3.14. The van der Waals surface area contributed by atoms with Crippen molar-refractivity contribution in [2.45, 2.75) is 0 Å². The highest BCUT2D eigenvalue weighted by molar-refractivity contribution is 7.61. The van der Waals surface area contributed by atoms with Gasteiger partial charge in [-0.3, -0.25) is 9.65 Å². The lowest BCUT2D eigenvalue weighted by molar-refractivity contribution is 0.523. The molecule has 1 aromatic heterocycles. The van der Waals surface area contributed by atoms with Gasteiger partial charge in [0.05, 0.1) is 17.4 Å². The predicted molar refractivity (Wildman–Crippen MR) is 61.4 cm³/mol. The van der Waals surface area contributed by atoms with E-state index in [1.807, 2.05) is 9.34 Å². The van der Waals surface area contributed by atoms with E-state index in [4.69, 9.17) is 11.6 Å². The summed E-state index contributed by atoms with van der Waals surface area (Å²) in [4.78, 5) is 8.01. The van der Waals surface area contributed by atoms with Gasteiger partial charge in [-0.25, -0.2) is 19.3 Å². The molecule has 2 aliphatic heterocycles. The molecular weight excluding hydrogens is 249 g/mol. The normalized spacial score (nSPS) is 20.8. The van der Waals surface area contributed by atoms with Crippen LogP contribution in [0, 0.1) is 0 Å². The SMILES string of the molecule is O=P(Nc1ncc(Cl)cn1)(N1CC1)N1CC1. The minimum atomic E-state index is -2.63. The van der Waals surface area contributed by atoms with Crippen LogP contribution in [0.2, 0.25) is 5.02 Å². The molecule has 2 fully saturated rings. The Balaban J connectivity index is 1.81. The van der Waals surface area contributed by atoms with E-state index in [1.54, 1.807) is 0 Å². The second-order valence-corrected chi connectivity index (χ2v) is 6.67.